The molecule has 32 heavy (non-hydrogen) atoms. The number of thiophene rings is 1. The third-order valence-corrected chi connectivity index (χ3v) is 6.73. The van der Waals surface area contributed by atoms with Crippen LogP contribution in [0.1, 0.15) is 45.4 Å². The normalized spacial score (nSPS) is 11.6. The minimum atomic E-state index is -4.42. The number of carbonyl (C=O) groups is 1. The summed E-state index contributed by atoms with van der Waals surface area (Å²) in [6.07, 6.45) is -3.11. The molecule has 0 aliphatic carbocycles. The standard InChI is InChI=1S/C25H25F3O3S/c1-4-17-5-7-19(8-6-17)20-13-23(25(26,27)28)32-22(20)14-31-21-11-9-18(10-12-24(29)30)15(2)16(21)3/h5-9,11,13H,4,10,12,14H2,1-3H3,(H,29,30). The molecule has 0 atom stereocenters. The van der Waals surface area contributed by atoms with Gasteiger partial charge < -0.3 is 9.84 Å². The first-order chi connectivity index (χ1) is 15.1. The molecule has 0 aliphatic rings. The molecule has 1 N–H and O–H groups in total. The second-order valence-electron chi connectivity index (χ2n) is 7.65. The summed E-state index contributed by atoms with van der Waals surface area (Å²) in [6.45, 7) is 5.81. The number of benzene rings is 2. The topological polar surface area (TPSA) is 46.5 Å². The lowest BCUT2D eigenvalue weighted by atomic mass is 9.99. The van der Waals surface area contributed by atoms with Crippen LogP contribution in [-0.2, 0) is 30.4 Å². The largest absolute Gasteiger partial charge is 0.488 e. The molecule has 0 bridgehead atoms. The van der Waals surface area contributed by atoms with Crippen LogP contribution in [0, 0.1) is 13.8 Å². The average Bonchev–Trinajstić information content (AvgIpc) is 3.19. The molecule has 0 unspecified atom stereocenters. The van der Waals surface area contributed by atoms with Crippen LogP contribution in [0.2, 0.25) is 0 Å². The molecule has 3 nitrogen and oxygen atoms in total. The maximum absolute atomic E-state index is 13.4. The fourth-order valence-electron chi connectivity index (χ4n) is 3.50. The highest BCUT2D eigenvalue weighted by molar-refractivity contribution is 7.12. The van der Waals surface area contributed by atoms with Gasteiger partial charge in [0.05, 0.1) is 4.88 Å². The second-order valence-corrected chi connectivity index (χ2v) is 8.79. The highest BCUT2D eigenvalue weighted by Gasteiger charge is 2.34. The van der Waals surface area contributed by atoms with Crippen LogP contribution in [0.3, 0.4) is 0 Å². The van der Waals surface area contributed by atoms with E-state index in [0.717, 1.165) is 34.2 Å². The van der Waals surface area contributed by atoms with Crippen molar-refractivity contribution in [2.75, 3.05) is 0 Å². The zero-order valence-electron chi connectivity index (χ0n) is 18.2. The van der Waals surface area contributed by atoms with Crippen molar-refractivity contribution in [2.45, 2.75) is 52.8 Å². The second kappa shape index (κ2) is 9.77. The Labute approximate surface area is 189 Å². The molecule has 0 saturated heterocycles. The molecule has 0 saturated carbocycles. The number of carboxylic acid groups (broad SMARTS) is 1. The minimum Gasteiger partial charge on any atom is -0.488 e. The number of halogens is 3. The predicted molar refractivity (Wildman–Crippen MR) is 120 cm³/mol. The number of rotatable bonds is 8. The first-order valence-electron chi connectivity index (χ1n) is 10.3. The van der Waals surface area contributed by atoms with Gasteiger partial charge in [-0.15, -0.1) is 11.3 Å². The summed E-state index contributed by atoms with van der Waals surface area (Å²) in [7, 11) is 0. The quantitative estimate of drug-likeness (QED) is 0.385. The first kappa shape index (κ1) is 23.9. The van der Waals surface area contributed by atoms with Gasteiger partial charge in [-0.1, -0.05) is 37.3 Å². The number of aryl methyl sites for hydroxylation is 2. The van der Waals surface area contributed by atoms with Crippen LogP contribution in [0.25, 0.3) is 11.1 Å². The molecular formula is C25H25F3O3S. The maximum Gasteiger partial charge on any atom is 0.425 e. The molecular weight excluding hydrogens is 437 g/mol. The van der Waals surface area contributed by atoms with Crippen molar-refractivity contribution in [3.63, 3.8) is 0 Å². The van der Waals surface area contributed by atoms with Gasteiger partial charge >= 0.3 is 12.1 Å². The fraction of sp³-hybridized carbons (Fsp3) is 0.320. The van der Waals surface area contributed by atoms with E-state index in [2.05, 4.69) is 0 Å². The zero-order valence-corrected chi connectivity index (χ0v) is 19.0. The lowest BCUT2D eigenvalue weighted by Crippen LogP contribution is -2.02. The number of alkyl halides is 3. The van der Waals surface area contributed by atoms with E-state index in [4.69, 9.17) is 9.84 Å². The summed E-state index contributed by atoms with van der Waals surface area (Å²) < 4.78 is 46.1. The molecule has 1 heterocycles. The number of aliphatic carboxylic acids is 1. The van der Waals surface area contributed by atoms with Crippen molar-refractivity contribution >= 4 is 17.3 Å². The highest BCUT2D eigenvalue weighted by atomic mass is 32.1. The summed E-state index contributed by atoms with van der Waals surface area (Å²) in [6, 6.07) is 12.3. The van der Waals surface area contributed by atoms with Crippen LogP contribution >= 0.6 is 11.3 Å². The molecule has 0 spiro atoms. The summed E-state index contributed by atoms with van der Waals surface area (Å²) >= 11 is 0.700. The van der Waals surface area contributed by atoms with Gasteiger partial charge in [0.2, 0.25) is 0 Å². The third kappa shape index (κ3) is 5.51. The van der Waals surface area contributed by atoms with E-state index in [-0.39, 0.29) is 13.0 Å². The van der Waals surface area contributed by atoms with E-state index in [9.17, 15) is 18.0 Å². The van der Waals surface area contributed by atoms with Crippen LogP contribution in [0.5, 0.6) is 5.75 Å². The van der Waals surface area contributed by atoms with E-state index in [0.29, 0.717) is 33.9 Å². The molecule has 170 valence electrons. The molecule has 0 fully saturated rings. The van der Waals surface area contributed by atoms with Crippen LogP contribution < -0.4 is 4.74 Å². The van der Waals surface area contributed by atoms with E-state index in [1.807, 2.05) is 51.1 Å². The van der Waals surface area contributed by atoms with Crippen molar-refractivity contribution in [3.05, 3.63) is 74.5 Å². The van der Waals surface area contributed by atoms with Crippen molar-refractivity contribution < 1.29 is 27.8 Å². The molecule has 0 aliphatic heterocycles. The van der Waals surface area contributed by atoms with E-state index in [1.54, 1.807) is 6.07 Å². The Morgan fingerprint density at radius 2 is 1.75 bits per heavy atom. The van der Waals surface area contributed by atoms with E-state index < -0.39 is 17.0 Å². The van der Waals surface area contributed by atoms with Gasteiger partial charge in [0.15, 0.2) is 0 Å². The molecule has 0 radical (unpaired) electrons. The Balaban J connectivity index is 1.87. The van der Waals surface area contributed by atoms with E-state index in [1.165, 1.54) is 6.07 Å². The van der Waals surface area contributed by atoms with Crippen LogP contribution in [-0.4, -0.2) is 11.1 Å². The van der Waals surface area contributed by atoms with Gasteiger partial charge in [-0.3, -0.25) is 4.79 Å². The number of hydrogen-bond acceptors (Lipinski definition) is 3. The lowest BCUT2D eigenvalue weighted by Gasteiger charge is -2.14. The van der Waals surface area contributed by atoms with Gasteiger partial charge in [0.25, 0.3) is 0 Å². The van der Waals surface area contributed by atoms with Crippen molar-refractivity contribution in [2.24, 2.45) is 0 Å². The SMILES string of the molecule is CCc1ccc(-c2cc(C(F)(F)F)sc2COc2ccc(CCC(=O)O)c(C)c2C)cc1. The minimum absolute atomic E-state index is 0.0142. The van der Waals surface area contributed by atoms with Gasteiger partial charge in [-0.25, -0.2) is 0 Å². The Kier molecular flexibility index (Phi) is 7.29. The zero-order chi connectivity index (χ0) is 23.5. The van der Waals surface area contributed by atoms with Crippen molar-refractivity contribution in [1.82, 2.24) is 0 Å². The number of carboxylic acids is 1. The van der Waals surface area contributed by atoms with Crippen molar-refractivity contribution in [1.29, 1.82) is 0 Å². The Morgan fingerprint density at radius 1 is 1.06 bits per heavy atom. The summed E-state index contributed by atoms with van der Waals surface area (Å²) in [5.41, 5.74) is 5.08. The lowest BCUT2D eigenvalue weighted by molar-refractivity contribution is -0.137. The Bertz CT molecular complexity index is 1100. The number of hydrogen-bond donors (Lipinski definition) is 1. The van der Waals surface area contributed by atoms with Crippen molar-refractivity contribution in [3.8, 4) is 16.9 Å². The van der Waals surface area contributed by atoms with Gasteiger partial charge in [0.1, 0.15) is 17.2 Å². The van der Waals surface area contributed by atoms with Gasteiger partial charge in [-0.2, -0.15) is 13.2 Å². The Morgan fingerprint density at radius 3 is 2.34 bits per heavy atom. The molecule has 2 aromatic carbocycles. The monoisotopic (exact) mass is 462 g/mol. The molecule has 3 rings (SSSR count). The maximum atomic E-state index is 13.4. The number of ether oxygens (including phenoxy) is 1. The molecule has 1 aromatic heterocycles. The summed E-state index contributed by atoms with van der Waals surface area (Å²) in [5, 5.41) is 8.90. The average molecular weight is 463 g/mol. The Hall–Kier alpha value is -2.80. The smallest absolute Gasteiger partial charge is 0.425 e. The van der Waals surface area contributed by atoms with Crippen LogP contribution in [0.4, 0.5) is 13.2 Å². The highest BCUT2D eigenvalue weighted by Crippen LogP contribution is 2.41. The predicted octanol–water partition coefficient (Wildman–Crippen LogP) is 7.21. The van der Waals surface area contributed by atoms with Gasteiger partial charge in [-0.05, 0) is 72.2 Å². The van der Waals surface area contributed by atoms with E-state index >= 15 is 0 Å². The van der Waals surface area contributed by atoms with Gasteiger partial charge in [0, 0.05) is 6.42 Å². The molecule has 3 aromatic rings. The molecule has 0 amide bonds. The fourth-order valence-corrected chi connectivity index (χ4v) is 4.47. The third-order valence-electron chi connectivity index (χ3n) is 5.58. The first-order valence-corrected chi connectivity index (χ1v) is 11.1. The molecule has 7 heteroatoms. The van der Waals surface area contributed by atoms with Crippen LogP contribution in [0.15, 0.2) is 42.5 Å². The summed E-state index contributed by atoms with van der Waals surface area (Å²) in [4.78, 5) is 10.7. The summed E-state index contributed by atoms with van der Waals surface area (Å²) in [5.74, 6) is -0.282.